The monoisotopic (exact) mass is 271 g/mol. The van der Waals surface area contributed by atoms with Gasteiger partial charge in [-0.25, -0.2) is 4.79 Å². The minimum Gasteiger partial charge on any atom is -0.307 e. The molecule has 0 bridgehead atoms. The molecule has 4 rings (SSSR count). The fourth-order valence-corrected chi connectivity index (χ4v) is 3.27. The van der Waals surface area contributed by atoms with Gasteiger partial charge in [-0.05, 0) is 62.1 Å². The van der Waals surface area contributed by atoms with E-state index in [-0.39, 0.29) is 5.69 Å². The van der Waals surface area contributed by atoms with Crippen molar-refractivity contribution in [3.8, 4) is 0 Å². The van der Waals surface area contributed by atoms with Crippen LogP contribution in [0.3, 0.4) is 0 Å². The van der Waals surface area contributed by atoms with Crippen LogP contribution in [0, 0.1) is 11.8 Å². The van der Waals surface area contributed by atoms with Crippen molar-refractivity contribution >= 4 is 11.0 Å². The molecule has 1 aromatic heterocycles. The highest BCUT2D eigenvalue weighted by molar-refractivity contribution is 5.75. The SMILES string of the molecule is CC(NC(C1CC1)C1CC1)c1ccc2[nH]c(=O)[nH]c2c1. The van der Waals surface area contributed by atoms with Gasteiger partial charge < -0.3 is 15.3 Å². The summed E-state index contributed by atoms with van der Waals surface area (Å²) in [4.78, 5) is 16.9. The summed E-state index contributed by atoms with van der Waals surface area (Å²) in [5.41, 5.74) is 2.90. The Bertz CT molecular complexity index is 666. The third-order valence-corrected chi connectivity index (χ3v) is 4.74. The van der Waals surface area contributed by atoms with Gasteiger partial charge in [-0.2, -0.15) is 0 Å². The van der Waals surface area contributed by atoms with E-state index in [1.165, 1.54) is 31.2 Å². The molecule has 1 aromatic carbocycles. The quantitative estimate of drug-likeness (QED) is 0.783. The Morgan fingerprint density at radius 2 is 1.75 bits per heavy atom. The van der Waals surface area contributed by atoms with E-state index >= 15 is 0 Å². The van der Waals surface area contributed by atoms with Gasteiger partial charge >= 0.3 is 5.69 Å². The molecule has 1 unspecified atom stereocenters. The molecular weight excluding hydrogens is 250 g/mol. The van der Waals surface area contributed by atoms with Crippen LogP contribution in [0.2, 0.25) is 0 Å². The third kappa shape index (κ3) is 2.29. The summed E-state index contributed by atoms with van der Waals surface area (Å²) >= 11 is 0. The molecule has 20 heavy (non-hydrogen) atoms. The van der Waals surface area contributed by atoms with Crippen molar-refractivity contribution in [1.29, 1.82) is 0 Å². The second-order valence-electron chi connectivity index (χ2n) is 6.47. The standard InChI is InChI=1S/C16H21N3O/c1-9(17-15(10-2-3-10)11-4-5-11)12-6-7-13-14(8-12)19-16(20)18-13/h6-11,15,17H,2-5H2,1H3,(H2,18,19,20). The first-order valence-corrected chi connectivity index (χ1v) is 7.69. The first-order valence-electron chi connectivity index (χ1n) is 7.69. The van der Waals surface area contributed by atoms with Crippen LogP contribution in [0.4, 0.5) is 0 Å². The van der Waals surface area contributed by atoms with Crippen LogP contribution < -0.4 is 11.0 Å². The predicted molar refractivity (Wildman–Crippen MR) is 79.7 cm³/mol. The maximum atomic E-state index is 11.3. The van der Waals surface area contributed by atoms with Gasteiger partial charge in [-0.3, -0.25) is 0 Å². The summed E-state index contributed by atoms with van der Waals surface area (Å²) in [6, 6.07) is 7.22. The van der Waals surface area contributed by atoms with Crippen LogP contribution in [-0.2, 0) is 0 Å². The number of benzene rings is 1. The Kier molecular flexibility index (Phi) is 2.74. The lowest BCUT2D eigenvalue weighted by Crippen LogP contribution is -2.35. The van der Waals surface area contributed by atoms with Crippen molar-refractivity contribution in [2.45, 2.75) is 44.7 Å². The third-order valence-electron chi connectivity index (χ3n) is 4.74. The zero-order valence-corrected chi connectivity index (χ0v) is 11.8. The smallest absolute Gasteiger partial charge is 0.307 e. The zero-order chi connectivity index (χ0) is 13.7. The van der Waals surface area contributed by atoms with E-state index < -0.39 is 0 Å². The van der Waals surface area contributed by atoms with Gasteiger partial charge in [-0.15, -0.1) is 0 Å². The average molecular weight is 271 g/mol. The molecule has 106 valence electrons. The van der Waals surface area contributed by atoms with Crippen molar-refractivity contribution in [3.05, 3.63) is 34.2 Å². The van der Waals surface area contributed by atoms with E-state index in [2.05, 4.69) is 34.3 Å². The molecule has 0 saturated heterocycles. The second kappa shape index (κ2) is 4.48. The fraction of sp³-hybridized carbons (Fsp3) is 0.562. The van der Waals surface area contributed by atoms with Crippen molar-refractivity contribution in [2.24, 2.45) is 11.8 Å². The topological polar surface area (TPSA) is 60.7 Å². The van der Waals surface area contributed by atoms with Gasteiger partial charge in [0.05, 0.1) is 11.0 Å². The lowest BCUT2D eigenvalue weighted by molar-refractivity contribution is 0.377. The zero-order valence-electron chi connectivity index (χ0n) is 11.8. The molecule has 0 radical (unpaired) electrons. The molecule has 2 aliphatic carbocycles. The van der Waals surface area contributed by atoms with E-state index in [0.717, 1.165) is 22.9 Å². The molecule has 1 atom stereocenters. The Balaban J connectivity index is 1.55. The summed E-state index contributed by atoms with van der Waals surface area (Å²) in [6.45, 7) is 2.23. The summed E-state index contributed by atoms with van der Waals surface area (Å²) in [6.07, 6.45) is 5.58. The van der Waals surface area contributed by atoms with Crippen LogP contribution in [0.1, 0.15) is 44.2 Å². The lowest BCUT2D eigenvalue weighted by atomic mass is 10.0. The van der Waals surface area contributed by atoms with Crippen molar-refractivity contribution in [1.82, 2.24) is 15.3 Å². The largest absolute Gasteiger partial charge is 0.323 e. The maximum absolute atomic E-state index is 11.3. The first kappa shape index (κ1) is 12.2. The number of fused-ring (bicyclic) bond motifs is 1. The van der Waals surface area contributed by atoms with Crippen molar-refractivity contribution in [2.75, 3.05) is 0 Å². The van der Waals surface area contributed by atoms with Crippen LogP contribution in [0.5, 0.6) is 0 Å². The summed E-state index contributed by atoms with van der Waals surface area (Å²) in [5.74, 6) is 1.81. The Morgan fingerprint density at radius 1 is 1.10 bits per heavy atom. The van der Waals surface area contributed by atoms with Gasteiger partial charge in [0.25, 0.3) is 0 Å². The molecule has 4 nitrogen and oxygen atoms in total. The number of imidazole rings is 1. The highest BCUT2D eigenvalue weighted by Gasteiger charge is 2.41. The van der Waals surface area contributed by atoms with E-state index in [1.54, 1.807) is 0 Å². The van der Waals surface area contributed by atoms with E-state index in [0.29, 0.717) is 12.1 Å². The summed E-state index contributed by atoms with van der Waals surface area (Å²) in [5, 5.41) is 3.83. The predicted octanol–water partition coefficient (Wildman–Crippen LogP) is 2.70. The molecule has 0 spiro atoms. The Morgan fingerprint density at radius 3 is 2.40 bits per heavy atom. The number of nitrogens with one attached hydrogen (secondary N) is 3. The molecule has 2 saturated carbocycles. The number of aromatic nitrogens is 2. The van der Waals surface area contributed by atoms with Crippen LogP contribution in [0.25, 0.3) is 11.0 Å². The van der Waals surface area contributed by atoms with E-state index in [4.69, 9.17) is 0 Å². The molecule has 3 N–H and O–H groups in total. The Hall–Kier alpha value is -1.55. The number of rotatable bonds is 5. The lowest BCUT2D eigenvalue weighted by Gasteiger charge is -2.23. The average Bonchev–Trinajstić information content (AvgIpc) is 3.32. The van der Waals surface area contributed by atoms with Crippen LogP contribution in [-0.4, -0.2) is 16.0 Å². The normalized spacial score (nSPS) is 20.7. The van der Waals surface area contributed by atoms with Gasteiger partial charge in [0.1, 0.15) is 0 Å². The second-order valence-corrected chi connectivity index (χ2v) is 6.47. The first-order chi connectivity index (χ1) is 9.70. The highest BCUT2D eigenvalue weighted by Crippen LogP contribution is 2.45. The number of hydrogen-bond acceptors (Lipinski definition) is 2. The number of H-pyrrole nitrogens is 2. The highest BCUT2D eigenvalue weighted by atomic mass is 16.1. The summed E-state index contributed by atoms with van der Waals surface area (Å²) in [7, 11) is 0. The molecule has 0 aliphatic heterocycles. The van der Waals surface area contributed by atoms with E-state index in [1.807, 2.05) is 6.07 Å². The maximum Gasteiger partial charge on any atom is 0.323 e. The van der Waals surface area contributed by atoms with Crippen LogP contribution >= 0.6 is 0 Å². The van der Waals surface area contributed by atoms with E-state index in [9.17, 15) is 4.79 Å². The molecular formula is C16H21N3O. The molecule has 4 heteroatoms. The van der Waals surface area contributed by atoms with Crippen LogP contribution in [0.15, 0.2) is 23.0 Å². The minimum absolute atomic E-state index is 0.133. The van der Waals surface area contributed by atoms with Gasteiger partial charge in [0, 0.05) is 12.1 Å². The van der Waals surface area contributed by atoms with Gasteiger partial charge in [-0.1, -0.05) is 6.07 Å². The van der Waals surface area contributed by atoms with Gasteiger partial charge in [0.15, 0.2) is 0 Å². The fourth-order valence-electron chi connectivity index (χ4n) is 3.27. The molecule has 2 aliphatic rings. The van der Waals surface area contributed by atoms with Gasteiger partial charge in [0.2, 0.25) is 0 Å². The Labute approximate surface area is 118 Å². The van der Waals surface area contributed by atoms with Crippen molar-refractivity contribution in [3.63, 3.8) is 0 Å². The molecule has 2 aromatic rings. The molecule has 2 fully saturated rings. The molecule has 0 amide bonds. The number of aromatic amines is 2. The number of hydrogen-bond donors (Lipinski definition) is 3. The minimum atomic E-state index is -0.133. The summed E-state index contributed by atoms with van der Waals surface area (Å²) < 4.78 is 0. The molecule has 1 heterocycles. The van der Waals surface area contributed by atoms with Crippen molar-refractivity contribution < 1.29 is 0 Å².